The fraction of sp³-hybridized carbons (Fsp3) is 0.273. The number of ether oxygens (including phenoxy) is 3. The molecule has 6 nitrogen and oxygen atoms in total. The van der Waals surface area contributed by atoms with Crippen molar-refractivity contribution in [1.29, 1.82) is 5.26 Å². The van der Waals surface area contributed by atoms with Gasteiger partial charge in [-0.2, -0.15) is 5.26 Å². The van der Waals surface area contributed by atoms with Crippen molar-refractivity contribution in [2.24, 2.45) is 0 Å². The number of rotatable bonds is 6. The standard InChI is InChI=1S/C22H22N2O4/c1-4-14(2)16-5-7-18(8-6-16)24-22(25)17(12-23)9-15-10-19(26-3)21-20(11-15)27-13-28-21/h5-11,14H,4,13H2,1-3H3,(H,24,25)/b17-9+/t14-/m0/s1. The molecule has 1 heterocycles. The summed E-state index contributed by atoms with van der Waals surface area (Å²) in [5.41, 5.74) is 2.44. The molecule has 2 aromatic rings. The lowest BCUT2D eigenvalue weighted by Gasteiger charge is -2.10. The Morgan fingerprint density at radius 3 is 2.71 bits per heavy atom. The largest absolute Gasteiger partial charge is 0.493 e. The first kappa shape index (κ1) is 19.3. The zero-order chi connectivity index (χ0) is 20.1. The molecule has 0 saturated heterocycles. The number of benzene rings is 2. The Bertz CT molecular complexity index is 942. The topological polar surface area (TPSA) is 80.6 Å². The molecule has 1 amide bonds. The minimum absolute atomic E-state index is 0.0214. The summed E-state index contributed by atoms with van der Waals surface area (Å²) < 4.78 is 16.0. The smallest absolute Gasteiger partial charge is 0.266 e. The van der Waals surface area contributed by atoms with Gasteiger partial charge in [0.15, 0.2) is 11.5 Å². The molecule has 0 saturated carbocycles. The van der Waals surface area contributed by atoms with E-state index in [4.69, 9.17) is 14.2 Å². The third-order valence-electron chi connectivity index (χ3n) is 4.71. The predicted molar refractivity (Wildman–Crippen MR) is 106 cm³/mol. The van der Waals surface area contributed by atoms with Gasteiger partial charge in [0.05, 0.1) is 7.11 Å². The van der Waals surface area contributed by atoms with Crippen molar-refractivity contribution in [3.05, 3.63) is 53.1 Å². The van der Waals surface area contributed by atoms with Crippen LogP contribution in [-0.2, 0) is 4.79 Å². The number of nitrogens with one attached hydrogen (secondary N) is 1. The van der Waals surface area contributed by atoms with Crippen molar-refractivity contribution in [1.82, 2.24) is 0 Å². The van der Waals surface area contributed by atoms with E-state index in [1.807, 2.05) is 30.3 Å². The fourth-order valence-electron chi connectivity index (χ4n) is 2.88. The van der Waals surface area contributed by atoms with Gasteiger partial charge in [-0.15, -0.1) is 0 Å². The molecular formula is C22H22N2O4. The van der Waals surface area contributed by atoms with Gasteiger partial charge < -0.3 is 19.5 Å². The lowest BCUT2D eigenvalue weighted by Crippen LogP contribution is -2.13. The van der Waals surface area contributed by atoms with Crippen LogP contribution in [0.15, 0.2) is 42.0 Å². The number of nitrogens with zero attached hydrogens (tertiary/aromatic N) is 1. The minimum atomic E-state index is -0.476. The van der Waals surface area contributed by atoms with Crippen LogP contribution in [0.3, 0.4) is 0 Å². The highest BCUT2D eigenvalue weighted by atomic mass is 16.7. The number of carbonyl (C=O) groups is 1. The monoisotopic (exact) mass is 378 g/mol. The highest BCUT2D eigenvalue weighted by Gasteiger charge is 2.20. The van der Waals surface area contributed by atoms with Crippen LogP contribution in [0, 0.1) is 11.3 Å². The van der Waals surface area contributed by atoms with Gasteiger partial charge in [0.25, 0.3) is 5.91 Å². The first-order valence-electron chi connectivity index (χ1n) is 9.06. The molecule has 1 aliphatic heterocycles. The van der Waals surface area contributed by atoms with Crippen LogP contribution in [0.5, 0.6) is 17.2 Å². The number of nitriles is 1. The van der Waals surface area contributed by atoms with Crippen LogP contribution in [0.2, 0.25) is 0 Å². The summed E-state index contributed by atoms with van der Waals surface area (Å²) in [6, 6.07) is 13.0. The molecule has 0 aromatic heterocycles. The van der Waals surface area contributed by atoms with Crippen molar-refractivity contribution in [2.45, 2.75) is 26.2 Å². The Morgan fingerprint density at radius 2 is 2.07 bits per heavy atom. The van der Waals surface area contributed by atoms with Crippen molar-refractivity contribution in [3.8, 4) is 23.3 Å². The molecule has 1 aliphatic rings. The second kappa shape index (κ2) is 8.49. The molecule has 1 N–H and O–H groups in total. The third-order valence-corrected chi connectivity index (χ3v) is 4.71. The molecule has 144 valence electrons. The number of fused-ring (bicyclic) bond motifs is 1. The van der Waals surface area contributed by atoms with Crippen LogP contribution in [0.1, 0.15) is 37.3 Å². The van der Waals surface area contributed by atoms with E-state index in [-0.39, 0.29) is 12.4 Å². The summed E-state index contributed by atoms with van der Waals surface area (Å²) in [5, 5.41) is 12.2. The SMILES string of the molecule is CC[C@H](C)c1ccc(NC(=O)/C(C#N)=C/c2cc(OC)c3c(c2)OCO3)cc1. The lowest BCUT2D eigenvalue weighted by molar-refractivity contribution is -0.112. The Labute approximate surface area is 164 Å². The summed E-state index contributed by atoms with van der Waals surface area (Å²) in [6.07, 6.45) is 2.54. The number of hydrogen-bond acceptors (Lipinski definition) is 5. The fourth-order valence-corrected chi connectivity index (χ4v) is 2.88. The molecule has 28 heavy (non-hydrogen) atoms. The van der Waals surface area contributed by atoms with Gasteiger partial charge >= 0.3 is 0 Å². The van der Waals surface area contributed by atoms with E-state index >= 15 is 0 Å². The molecule has 6 heteroatoms. The summed E-state index contributed by atoms with van der Waals surface area (Å²) in [6.45, 7) is 4.40. The average Bonchev–Trinajstić information content (AvgIpc) is 3.19. The molecule has 0 bridgehead atoms. The second-order valence-corrected chi connectivity index (χ2v) is 6.51. The number of hydrogen-bond donors (Lipinski definition) is 1. The van der Waals surface area contributed by atoms with Gasteiger partial charge in [-0.25, -0.2) is 0 Å². The highest BCUT2D eigenvalue weighted by molar-refractivity contribution is 6.09. The molecule has 0 unspecified atom stereocenters. The first-order chi connectivity index (χ1) is 13.5. The Kier molecular flexibility index (Phi) is 5.85. The number of carbonyl (C=O) groups excluding carboxylic acids is 1. The third kappa shape index (κ3) is 4.09. The van der Waals surface area contributed by atoms with E-state index in [1.54, 1.807) is 12.1 Å². The Hall–Kier alpha value is -3.46. The van der Waals surface area contributed by atoms with Crippen LogP contribution < -0.4 is 19.5 Å². The number of anilines is 1. The Morgan fingerprint density at radius 1 is 1.32 bits per heavy atom. The highest BCUT2D eigenvalue weighted by Crippen LogP contribution is 2.42. The van der Waals surface area contributed by atoms with Crippen LogP contribution in [0.25, 0.3) is 6.08 Å². The average molecular weight is 378 g/mol. The van der Waals surface area contributed by atoms with Gasteiger partial charge in [0.2, 0.25) is 12.5 Å². The van der Waals surface area contributed by atoms with E-state index < -0.39 is 5.91 Å². The lowest BCUT2D eigenvalue weighted by atomic mass is 9.98. The maximum Gasteiger partial charge on any atom is 0.266 e. The second-order valence-electron chi connectivity index (χ2n) is 6.51. The minimum Gasteiger partial charge on any atom is -0.493 e. The Balaban J connectivity index is 1.79. The van der Waals surface area contributed by atoms with Crippen molar-refractivity contribution < 1.29 is 19.0 Å². The van der Waals surface area contributed by atoms with Crippen LogP contribution in [0.4, 0.5) is 5.69 Å². The van der Waals surface area contributed by atoms with Crippen molar-refractivity contribution >= 4 is 17.7 Å². The number of amides is 1. The van der Waals surface area contributed by atoms with Gasteiger partial charge in [-0.1, -0.05) is 26.0 Å². The molecular weight excluding hydrogens is 356 g/mol. The van der Waals surface area contributed by atoms with Crippen LogP contribution in [-0.4, -0.2) is 19.8 Å². The normalized spacial score (nSPS) is 13.6. The van der Waals surface area contributed by atoms with Gasteiger partial charge in [0, 0.05) is 5.69 Å². The van der Waals surface area contributed by atoms with E-state index in [1.165, 1.54) is 18.7 Å². The van der Waals surface area contributed by atoms with E-state index in [0.29, 0.717) is 34.4 Å². The van der Waals surface area contributed by atoms with Crippen molar-refractivity contribution in [2.75, 3.05) is 19.2 Å². The summed E-state index contributed by atoms with van der Waals surface area (Å²) in [5.74, 6) is 1.50. The van der Waals surface area contributed by atoms with Gasteiger partial charge in [0.1, 0.15) is 11.6 Å². The van der Waals surface area contributed by atoms with E-state index in [2.05, 4.69) is 19.2 Å². The summed E-state index contributed by atoms with van der Waals surface area (Å²) in [4.78, 5) is 12.5. The predicted octanol–water partition coefficient (Wildman–Crippen LogP) is 4.48. The summed E-state index contributed by atoms with van der Waals surface area (Å²) >= 11 is 0. The number of methoxy groups -OCH3 is 1. The van der Waals surface area contributed by atoms with Gasteiger partial charge in [-0.3, -0.25) is 4.79 Å². The molecule has 1 atom stereocenters. The zero-order valence-electron chi connectivity index (χ0n) is 16.1. The van der Waals surface area contributed by atoms with Crippen molar-refractivity contribution in [3.63, 3.8) is 0 Å². The maximum absolute atomic E-state index is 12.5. The maximum atomic E-state index is 12.5. The molecule has 0 aliphatic carbocycles. The van der Waals surface area contributed by atoms with Gasteiger partial charge in [-0.05, 0) is 53.8 Å². The molecule has 0 fully saturated rings. The molecule has 0 radical (unpaired) electrons. The first-order valence-corrected chi connectivity index (χ1v) is 9.06. The summed E-state index contributed by atoms with van der Waals surface area (Å²) in [7, 11) is 1.52. The van der Waals surface area contributed by atoms with Crippen LogP contribution >= 0.6 is 0 Å². The zero-order valence-corrected chi connectivity index (χ0v) is 16.1. The quantitative estimate of drug-likeness (QED) is 0.592. The molecule has 2 aromatic carbocycles. The van der Waals surface area contributed by atoms with E-state index in [9.17, 15) is 10.1 Å². The van der Waals surface area contributed by atoms with E-state index in [0.717, 1.165) is 6.42 Å². The molecule has 0 spiro atoms. The molecule has 3 rings (SSSR count).